The fourth-order valence-corrected chi connectivity index (χ4v) is 4.71. The van der Waals surface area contributed by atoms with Crippen LogP contribution in [0.15, 0.2) is 42.5 Å². The largest absolute Gasteiger partial charge is 0.508 e. The van der Waals surface area contributed by atoms with Gasteiger partial charge in [0.05, 0.1) is 0 Å². The fraction of sp³-hybridized carbons (Fsp3) is 0.559. The van der Waals surface area contributed by atoms with Crippen molar-refractivity contribution >= 4 is 17.9 Å². The molecule has 2 aromatic rings. The Bertz CT molecular complexity index is 1160. The molecule has 42 heavy (non-hydrogen) atoms. The lowest BCUT2D eigenvalue weighted by molar-refractivity contribution is -0.142. The minimum Gasteiger partial charge on any atom is -0.508 e. The number of ether oxygens (including phenoxy) is 1. The van der Waals surface area contributed by atoms with Gasteiger partial charge in [-0.3, -0.25) is 9.59 Å². The SMILES string of the molecule is CCCCCNC(=O)C(c1ccc(C)c(C)c1)N(CCCCC)C(=O)C(Cc1ccc(O)cc1)NC(=O)OC(C)(C)C. The van der Waals surface area contributed by atoms with Crippen LogP contribution in [-0.4, -0.2) is 52.6 Å². The lowest BCUT2D eigenvalue weighted by Crippen LogP contribution is -2.54. The lowest BCUT2D eigenvalue weighted by atomic mass is 9.97. The minimum absolute atomic E-state index is 0.109. The van der Waals surface area contributed by atoms with E-state index in [1.807, 2.05) is 32.0 Å². The monoisotopic (exact) mass is 581 g/mol. The summed E-state index contributed by atoms with van der Waals surface area (Å²) in [5, 5.41) is 15.6. The Morgan fingerprint density at radius 3 is 2.14 bits per heavy atom. The second-order valence-corrected chi connectivity index (χ2v) is 12.1. The average Bonchev–Trinajstić information content (AvgIpc) is 2.92. The van der Waals surface area contributed by atoms with E-state index in [1.165, 1.54) is 0 Å². The molecule has 8 heteroatoms. The molecule has 0 radical (unpaired) electrons. The number of phenols is 1. The third kappa shape index (κ3) is 11.4. The van der Waals surface area contributed by atoms with Crippen LogP contribution in [0.1, 0.15) is 101 Å². The third-order valence-corrected chi connectivity index (χ3v) is 7.14. The number of hydrogen-bond donors (Lipinski definition) is 3. The van der Waals surface area contributed by atoms with Crippen molar-refractivity contribution in [3.8, 4) is 5.75 Å². The number of benzene rings is 2. The van der Waals surface area contributed by atoms with Crippen LogP contribution in [-0.2, 0) is 20.7 Å². The predicted molar refractivity (Wildman–Crippen MR) is 167 cm³/mol. The Kier molecular flexibility index (Phi) is 13.8. The third-order valence-electron chi connectivity index (χ3n) is 7.14. The second-order valence-electron chi connectivity index (χ2n) is 12.1. The number of amides is 3. The molecule has 0 aliphatic rings. The minimum atomic E-state index is -0.993. The van der Waals surface area contributed by atoms with Crippen LogP contribution >= 0.6 is 0 Å². The van der Waals surface area contributed by atoms with Gasteiger partial charge in [0, 0.05) is 19.5 Å². The van der Waals surface area contributed by atoms with Gasteiger partial charge in [0.1, 0.15) is 23.4 Å². The number of nitrogens with one attached hydrogen (secondary N) is 2. The molecule has 2 rings (SSSR count). The van der Waals surface area contributed by atoms with Crippen molar-refractivity contribution in [3.63, 3.8) is 0 Å². The van der Waals surface area contributed by atoms with Crippen molar-refractivity contribution < 1.29 is 24.2 Å². The highest BCUT2D eigenvalue weighted by atomic mass is 16.6. The normalized spacial score (nSPS) is 12.7. The topological polar surface area (TPSA) is 108 Å². The number of rotatable bonds is 15. The molecule has 232 valence electrons. The van der Waals surface area contributed by atoms with Crippen LogP contribution in [0.2, 0.25) is 0 Å². The van der Waals surface area contributed by atoms with Crippen LogP contribution in [0.4, 0.5) is 4.79 Å². The molecule has 0 aromatic heterocycles. The first-order valence-electron chi connectivity index (χ1n) is 15.3. The Hall–Kier alpha value is -3.55. The van der Waals surface area contributed by atoms with E-state index in [1.54, 1.807) is 49.9 Å². The number of aryl methyl sites for hydroxylation is 2. The summed E-state index contributed by atoms with van der Waals surface area (Å²) in [7, 11) is 0. The molecule has 0 aliphatic carbocycles. The van der Waals surface area contributed by atoms with E-state index >= 15 is 0 Å². The molecule has 2 aromatic carbocycles. The van der Waals surface area contributed by atoms with Gasteiger partial charge >= 0.3 is 6.09 Å². The molecule has 3 N–H and O–H groups in total. The first-order chi connectivity index (χ1) is 19.9. The van der Waals surface area contributed by atoms with Gasteiger partial charge in [-0.15, -0.1) is 0 Å². The van der Waals surface area contributed by atoms with Gasteiger partial charge in [-0.2, -0.15) is 0 Å². The van der Waals surface area contributed by atoms with E-state index in [0.29, 0.717) is 19.5 Å². The molecular formula is C34H51N3O5. The number of nitrogens with zero attached hydrogens (tertiary/aromatic N) is 1. The van der Waals surface area contributed by atoms with Crippen molar-refractivity contribution in [2.45, 2.75) is 111 Å². The highest BCUT2D eigenvalue weighted by Gasteiger charge is 2.36. The summed E-state index contributed by atoms with van der Waals surface area (Å²) in [6, 6.07) is 10.5. The quantitative estimate of drug-likeness (QED) is 0.208. The molecule has 0 bridgehead atoms. The van der Waals surface area contributed by atoms with Gasteiger partial charge in [0.15, 0.2) is 0 Å². The van der Waals surface area contributed by atoms with Gasteiger partial charge in [-0.05, 0) is 81.8 Å². The van der Waals surface area contributed by atoms with Gasteiger partial charge in [-0.1, -0.05) is 69.9 Å². The standard InChI is InChI=1S/C34H51N3O5/c1-8-10-12-20-35-31(39)30(27-17-14-24(3)25(4)22-27)37(21-13-11-9-2)32(40)29(36-33(41)42-34(5,6)7)23-26-15-18-28(38)19-16-26/h14-19,22,29-30,38H,8-13,20-21,23H2,1-7H3,(H,35,39)(H,36,41). The Morgan fingerprint density at radius 1 is 0.905 bits per heavy atom. The zero-order valence-electron chi connectivity index (χ0n) is 26.6. The van der Waals surface area contributed by atoms with E-state index in [0.717, 1.165) is 54.4 Å². The van der Waals surface area contributed by atoms with Crippen molar-refractivity contribution in [1.82, 2.24) is 15.5 Å². The van der Waals surface area contributed by atoms with Crippen molar-refractivity contribution in [3.05, 3.63) is 64.7 Å². The highest BCUT2D eigenvalue weighted by Crippen LogP contribution is 2.26. The number of carbonyl (C=O) groups excluding carboxylic acids is 3. The zero-order chi connectivity index (χ0) is 31.3. The average molecular weight is 582 g/mol. The summed E-state index contributed by atoms with van der Waals surface area (Å²) in [6.45, 7) is 14.4. The molecule has 3 amide bonds. The maximum absolute atomic E-state index is 14.5. The van der Waals surface area contributed by atoms with Crippen LogP contribution in [0, 0.1) is 13.8 Å². The summed E-state index contributed by atoms with van der Waals surface area (Å²) in [4.78, 5) is 42.9. The lowest BCUT2D eigenvalue weighted by Gasteiger charge is -2.35. The number of alkyl carbamates (subject to hydrolysis) is 1. The van der Waals surface area contributed by atoms with Gasteiger partial charge < -0.3 is 25.4 Å². The molecular weight excluding hydrogens is 530 g/mol. The summed E-state index contributed by atoms with van der Waals surface area (Å²) in [5.41, 5.74) is 2.86. The number of unbranched alkanes of at least 4 members (excludes halogenated alkanes) is 4. The summed E-state index contributed by atoms with van der Waals surface area (Å²) >= 11 is 0. The molecule has 0 spiro atoms. The Labute approximate surface area is 252 Å². The fourth-order valence-electron chi connectivity index (χ4n) is 4.71. The number of aromatic hydroxyl groups is 1. The van der Waals surface area contributed by atoms with E-state index in [9.17, 15) is 19.5 Å². The maximum atomic E-state index is 14.5. The molecule has 8 nitrogen and oxygen atoms in total. The number of carbonyl (C=O) groups is 3. The summed E-state index contributed by atoms with van der Waals surface area (Å²) < 4.78 is 5.51. The van der Waals surface area contributed by atoms with Gasteiger partial charge in [0.25, 0.3) is 0 Å². The predicted octanol–water partition coefficient (Wildman–Crippen LogP) is 6.51. The molecule has 0 saturated carbocycles. The summed E-state index contributed by atoms with van der Waals surface area (Å²) in [6.07, 6.45) is 4.91. The molecule has 0 fully saturated rings. The van der Waals surface area contributed by atoms with Crippen LogP contribution in [0.5, 0.6) is 5.75 Å². The van der Waals surface area contributed by atoms with Crippen molar-refractivity contribution in [2.75, 3.05) is 13.1 Å². The smallest absolute Gasteiger partial charge is 0.408 e. The van der Waals surface area contributed by atoms with E-state index in [4.69, 9.17) is 4.74 Å². The van der Waals surface area contributed by atoms with Crippen molar-refractivity contribution in [2.24, 2.45) is 0 Å². The molecule has 2 atom stereocenters. The van der Waals surface area contributed by atoms with Gasteiger partial charge in [-0.25, -0.2) is 4.79 Å². The summed E-state index contributed by atoms with van der Waals surface area (Å²) in [5.74, 6) is -0.491. The molecule has 0 aliphatic heterocycles. The number of phenolic OH excluding ortho intramolecular Hbond substituents is 1. The van der Waals surface area contributed by atoms with E-state index < -0.39 is 23.8 Å². The molecule has 2 unspecified atom stereocenters. The van der Waals surface area contributed by atoms with Crippen LogP contribution in [0.3, 0.4) is 0 Å². The van der Waals surface area contributed by atoms with Crippen LogP contribution in [0.25, 0.3) is 0 Å². The maximum Gasteiger partial charge on any atom is 0.408 e. The zero-order valence-corrected chi connectivity index (χ0v) is 26.6. The Balaban J connectivity index is 2.55. The first-order valence-corrected chi connectivity index (χ1v) is 15.3. The molecule has 0 heterocycles. The number of hydrogen-bond acceptors (Lipinski definition) is 5. The van der Waals surface area contributed by atoms with E-state index in [-0.39, 0.29) is 24.0 Å². The van der Waals surface area contributed by atoms with Gasteiger partial charge in [0.2, 0.25) is 11.8 Å². The van der Waals surface area contributed by atoms with E-state index in [2.05, 4.69) is 24.5 Å². The van der Waals surface area contributed by atoms with Crippen molar-refractivity contribution in [1.29, 1.82) is 0 Å². The second kappa shape index (κ2) is 16.8. The van der Waals surface area contributed by atoms with Crippen LogP contribution < -0.4 is 10.6 Å². The molecule has 0 saturated heterocycles. The Morgan fingerprint density at radius 2 is 1.55 bits per heavy atom. The highest BCUT2D eigenvalue weighted by molar-refractivity contribution is 5.92. The first kappa shape index (κ1) is 34.7.